The molecule has 0 saturated heterocycles. The van der Waals surface area contributed by atoms with E-state index in [4.69, 9.17) is 5.11 Å². The van der Waals surface area contributed by atoms with Crippen molar-refractivity contribution in [1.82, 2.24) is 5.32 Å². The average Bonchev–Trinajstić information content (AvgIpc) is 2.39. The third kappa shape index (κ3) is 4.05. The van der Waals surface area contributed by atoms with Crippen LogP contribution < -0.4 is 5.32 Å². The molecule has 0 heterocycles. The molecule has 2 unspecified atom stereocenters. The Morgan fingerprint density at radius 1 is 1.37 bits per heavy atom. The minimum atomic E-state index is -0.650. The van der Waals surface area contributed by atoms with Gasteiger partial charge in [0.2, 0.25) is 0 Å². The number of nitrogens with one attached hydrogen (secondary N) is 1. The van der Waals surface area contributed by atoms with Crippen LogP contribution in [0.15, 0.2) is 28.7 Å². The molecular formula is C15H20BrNO2. The van der Waals surface area contributed by atoms with E-state index in [1.54, 1.807) is 0 Å². The molecule has 0 aliphatic heterocycles. The predicted octanol–water partition coefficient (Wildman–Crippen LogP) is 3.74. The van der Waals surface area contributed by atoms with Crippen molar-refractivity contribution < 1.29 is 9.90 Å². The lowest BCUT2D eigenvalue weighted by molar-refractivity contribution is -0.143. The van der Waals surface area contributed by atoms with Crippen molar-refractivity contribution in [2.24, 2.45) is 5.92 Å². The Hall–Kier alpha value is -0.870. The molecule has 0 radical (unpaired) electrons. The van der Waals surface area contributed by atoms with Crippen LogP contribution in [0.1, 0.15) is 44.2 Å². The van der Waals surface area contributed by atoms with E-state index in [0.29, 0.717) is 6.04 Å². The summed E-state index contributed by atoms with van der Waals surface area (Å²) in [6, 6.07) is 8.83. The van der Waals surface area contributed by atoms with Crippen molar-refractivity contribution in [3.63, 3.8) is 0 Å². The summed E-state index contributed by atoms with van der Waals surface area (Å²) in [7, 11) is 0. The highest BCUT2D eigenvalue weighted by atomic mass is 79.9. The van der Waals surface area contributed by atoms with E-state index in [1.165, 1.54) is 5.56 Å². The van der Waals surface area contributed by atoms with E-state index in [0.717, 1.165) is 30.2 Å². The van der Waals surface area contributed by atoms with Gasteiger partial charge >= 0.3 is 5.97 Å². The molecule has 0 bridgehead atoms. The number of halogens is 1. The fourth-order valence-corrected chi connectivity index (χ4v) is 3.03. The molecule has 4 heteroatoms. The predicted molar refractivity (Wildman–Crippen MR) is 79.1 cm³/mol. The maximum absolute atomic E-state index is 11.1. The number of benzene rings is 1. The zero-order valence-electron chi connectivity index (χ0n) is 11.1. The second-order valence-corrected chi connectivity index (χ2v) is 6.25. The van der Waals surface area contributed by atoms with Gasteiger partial charge in [-0.1, -0.05) is 34.5 Å². The summed E-state index contributed by atoms with van der Waals surface area (Å²) in [6.07, 6.45) is 3.64. The van der Waals surface area contributed by atoms with Gasteiger partial charge in [0.05, 0.1) is 5.92 Å². The van der Waals surface area contributed by atoms with E-state index in [9.17, 15) is 4.79 Å². The summed E-state index contributed by atoms with van der Waals surface area (Å²) in [6.45, 7) is 2.13. The monoisotopic (exact) mass is 325 g/mol. The summed E-state index contributed by atoms with van der Waals surface area (Å²) in [4.78, 5) is 11.1. The molecule has 104 valence electrons. The number of rotatable bonds is 4. The minimum absolute atomic E-state index is 0.177. The lowest BCUT2D eigenvalue weighted by Gasteiger charge is -2.30. The first-order valence-corrected chi connectivity index (χ1v) is 7.60. The van der Waals surface area contributed by atoms with Crippen LogP contribution in [0.2, 0.25) is 0 Å². The van der Waals surface area contributed by atoms with Crippen molar-refractivity contribution in [2.75, 3.05) is 0 Å². The van der Waals surface area contributed by atoms with Gasteiger partial charge in [-0.25, -0.2) is 0 Å². The number of carboxylic acids is 1. The zero-order valence-corrected chi connectivity index (χ0v) is 12.7. The number of carboxylic acid groups (broad SMARTS) is 1. The highest BCUT2D eigenvalue weighted by Crippen LogP contribution is 2.26. The average molecular weight is 326 g/mol. The Labute approximate surface area is 122 Å². The van der Waals surface area contributed by atoms with Gasteiger partial charge < -0.3 is 10.4 Å². The van der Waals surface area contributed by atoms with E-state index in [-0.39, 0.29) is 12.0 Å². The summed E-state index contributed by atoms with van der Waals surface area (Å²) < 4.78 is 1.08. The first kappa shape index (κ1) is 14.5. The van der Waals surface area contributed by atoms with Crippen LogP contribution in [-0.4, -0.2) is 17.1 Å². The van der Waals surface area contributed by atoms with Gasteiger partial charge in [0.1, 0.15) is 0 Å². The van der Waals surface area contributed by atoms with Gasteiger partial charge in [-0.05, 0) is 43.9 Å². The lowest BCUT2D eigenvalue weighted by atomic mass is 9.85. The van der Waals surface area contributed by atoms with Crippen LogP contribution in [-0.2, 0) is 4.79 Å². The lowest BCUT2D eigenvalue weighted by Crippen LogP contribution is -2.37. The van der Waals surface area contributed by atoms with Crippen LogP contribution in [0.4, 0.5) is 0 Å². The topological polar surface area (TPSA) is 49.3 Å². The van der Waals surface area contributed by atoms with Gasteiger partial charge in [-0.15, -0.1) is 0 Å². The van der Waals surface area contributed by atoms with Crippen LogP contribution in [0.3, 0.4) is 0 Å². The van der Waals surface area contributed by atoms with Crippen molar-refractivity contribution >= 4 is 21.9 Å². The second-order valence-electron chi connectivity index (χ2n) is 5.34. The molecule has 3 atom stereocenters. The molecule has 19 heavy (non-hydrogen) atoms. The van der Waals surface area contributed by atoms with Crippen LogP contribution in [0, 0.1) is 5.92 Å². The first-order chi connectivity index (χ1) is 9.06. The van der Waals surface area contributed by atoms with Crippen LogP contribution >= 0.6 is 15.9 Å². The Kier molecular flexibility index (Phi) is 4.99. The fourth-order valence-electron chi connectivity index (χ4n) is 2.77. The van der Waals surface area contributed by atoms with E-state index in [1.807, 2.05) is 12.1 Å². The quantitative estimate of drug-likeness (QED) is 0.886. The molecule has 1 aromatic rings. The molecule has 1 fully saturated rings. The number of hydrogen-bond donors (Lipinski definition) is 2. The SMILES string of the molecule is C[C@@H](NC1CCCC(C(=O)O)C1)c1ccc(Br)cc1. The van der Waals surface area contributed by atoms with Gasteiger partial charge in [0.15, 0.2) is 0 Å². The minimum Gasteiger partial charge on any atom is -0.481 e. The molecule has 1 aromatic carbocycles. The van der Waals surface area contributed by atoms with Gasteiger partial charge in [0.25, 0.3) is 0 Å². The Morgan fingerprint density at radius 2 is 2.05 bits per heavy atom. The Bertz CT molecular complexity index is 432. The number of hydrogen-bond acceptors (Lipinski definition) is 2. The van der Waals surface area contributed by atoms with E-state index >= 15 is 0 Å². The van der Waals surface area contributed by atoms with Crippen LogP contribution in [0.5, 0.6) is 0 Å². The molecule has 0 aromatic heterocycles. The van der Waals surface area contributed by atoms with Crippen LogP contribution in [0.25, 0.3) is 0 Å². The molecule has 0 amide bonds. The molecule has 1 saturated carbocycles. The second kappa shape index (κ2) is 6.53. The molecule has 1 aliphatic rings. The number of carbonyl (C=O) groups is 1. The molecular weight excluding hydrogens is 306 g/mol. The normalized spacial score (nSPS) is 24.9. The summed E-state index contributed by atoms with van der Waals surface area (Å²) in [5.74, 6) is -0.828. The maximum atomic E-state index is 11.1. The molecule has 0 spiro atoms. The smallest absolute Gasteiger partial charge is 0.306 e. The van der Waals surface area contributed by atoms with Crippen molar-refractivity contribution in [2.45, 2.75) is 44.7 Å². The van der Waals surface area contributed by atoms with Gasteiger partial charge in [-0.2, -0.15) is 0 Å². The Morgan fingerprint density at radius 3 is 2.68 bits per heavy atom. The fraction of sp³-hybridized carbons (Fsp3) is 0.533. The molecule has 3 nitrogen and oxygen atoms in total. The Balaban J connectivity index is 1.93. The summed E-state index contributed by atoms with van der Waals surface area (Å²) in [5.41, 5.74) is 1.24. The molecule has 1 aliphatic carbocycles. The van der Waals surface area contributed by atoms with Crippen molar-refractivity contribution in [3.05, 3.63) is 34.3 Å². The van der Waals surface area contributed by atoms with Crippen molar-refractivity contribution in [1.29, 1.82) is 0 Å². The molecule has 2 N–H and O–H groups in total. The maximum Gasteiger partial charge on any atom is 0.306 e. The van der Waals surface area contributed by atoms with E-state index < -0.39 is 5.97 Å². The largest absolute Gasteiger partial charge is 0.481 e. The third-order valence-electron chi connectivity index (χ3n) is 3.88. The highest BCUT2D eigenvalue weighted by molar-refractivity contribution is 9.10. The standard InChI is InChI=1S/C15H20BrNO2/c1-10(11-5-7-13(16)8-6-11)17-14-4-2-3-12(9-14)15(18)19/h5-8,10,12,14,17H,2-4,9H2,1H3,(H,18,19)/t10-,12?,14?/m1/s1. The highest BCUT2D eigenvalue weighted by Gasteiger charge is 2.27. The van der Waals surface area contributed by atoms with Gasteiger partial charge in [0, 0.05) is 16.6 Å². The first-order valence-electron chi connectivity index (χ1n) is 6.80. The zero-order chi connectivity index (χ0) is 13.8. The van der Waals surface area contributed by atoms with Crippen molar-refractivity contribution in [3.8, 4) is 0 Å². The van der Waals surface area contributed by atoms with E-state index in [2.05, 4.69) is 40.3 Å². The molecule has 2 rings (SSSR count). The summed E-state index contributed by atoms with van der Waals surface area (Å²) in [5, 5.41) is 12.7. The number of aliphatic carboxylic acids is 1. The summed E-state index contributed by atoms with van der Waals surface area (Å²) >= 11 is 3.43. The third-order valence-corrected chi connectivity index (χ3v) is 4.41. The van der Waals surface area contributed by atoms with Gasteiger partial charge in [-0.3, -0.25) is 4.79 Å².